The molecule has 4 aromatic rings. The highest BCUT2D eigenvalue weighted by atomic mass is 16.4. The second-order valence-electron chi connectivity index (χ2n) is 8.41. The molecule has 2 amide bonds. The van der Waals surface area contributed by atoms with Crippen LogP contribution in [-0.4, -0.2) is 54.5 Å². The average molecular weight is 460 g/mol. The first-order valence-electron chi connectivity index (χ1n) is 10.9. The summed E-state index contributed by atoms with van der Waals surface area (Å²) in [6.45, 7) is 8.60. The van der Waals surface area contributed by atoms with Gasteiger partial charge in [-0.15, -0.1) is 0 Å². The molecule has 11 nitrogen and oxygen atoms in total. The number of piperidine rings is 1. The van der Waals surface area contributed by atoms with Crippen molar-refractivity contribution >= 4 is 45.8 Å². The maximum Gasteiger partial charge on any atom is 0.302 e. The Labute approximate surface area is 194 Å². The summed E-state index contributed by atoms with van der Waals surface area (Å²) in [7, 11) is 0. The molecule has 0 unspecified atom stereocenters. The van der Waals surface area contributed by atoms with E-state index in [0.717, 1.165) is 24.0 Å². The maximum atomic E-state index is 13.2. The van der Waals surface area contributed by atoms with E-state index in [4.69, 9.17) is 10.2 Å². The highest BCUT2D eigenvalue weighted by molar-refractivity contribution is 6.12. The number of nitrogens with two attached hydrogens (primary N) is 1. The Morgan fingerprint density at radius 1 is 1.26 bits per heavy atom. The van der Waals surface area contributed by atoms with E-state index < -0.39 is 5.91 Å². The summed E-state index contributed by atoms with van der Waals surface area (Å²) in [5, 5.41) is 7.58. The van der Waals surface area contributed by atoms with Gasteiger partial charge in [-0.3, -0.25) is 14.9 Å². The van der Waals surface area contributed by atoms with Gasteiger partial charge < -0.3 is 15.1 Å². The van der Waals surface area contributed by atoms with Crippen LogP contribution in [0, 0.1) is 13.8 Å². The number of amides is 2. The van der Waals surface area contributed by atoms with Crippen LogP contribution in [0.3, 0.4) is 0 Å². The van der Waals surface area contributed by atoms with E-state index in [9.17, 15) is 9.59 Å². The predicted molar refractivity (Wildman–Crippen MR) is 126 cm³/mol. The Morgan fingerprint density at radius 3 is 2.85 bits per heavy atom. The fraction of sp³-hybridized carbons (Fsp3) is 0.304. The molecule has 1 fully saturated rings. The number of anilines is 2. The summed E-state index contributed by atoms with van der Waals surface area (Å²) in [5.74, 6) is -0.546. The molecular formula is C23H24N8O3. The van der Waals surface area contributed by atoms with Crippen molar-refractivity contribution in [3.8, 4) is 0 Å². The molecule has 174 valence electrons. The molecule has 4 heterocycles. The Kier molecular flexibility index (Phi) is 5.23. The fourth-order valence-electron chi connectivity index (χ4n) is 4.28. The number of aromatic nitrogens is 5. The second-order valence-corrected chi connectivity index (χ2v) is 8.41. The van der Waals surface area contributed by atoms with E-state index in [-0.39, 0.29) is 29.5 Å². The lowest BCUT2D eigenvalue weighted by molar-refractivity contribution is -0.127. The van der Waals surface area contributed by atoms with Gasteiger partial charge in [0.15, 0.2) is 16.9 Å². The van der Waals surface area contributed by atoms with Gasteiger partial charge in [-0.1, -0.05) is 6.58 Å². The summed E-state index contributed by atoms with van der Waals surface area (Å²) in [6, 6.07) is 3.66. The monoisotopic (exact) mass is 460 g/mol. The van der Waals surface area contributed by atoms with Gasteiger partial charge in [0.05, 0.1) is 11.4 Å². The molecule has 1 aliphatic heterocycles. The van der Waals surface area contributed by atoms with Gasteiger partial charge in [0.25, 0.3) is 5.91 Å². The molecule has 0 aliphatic carbocycles. The molecule has 5 rings (SSSR count). The van der Waals surface area contributed by atoms with Crippen molar-refractivity contribution in [2.24, 2.45) is 0 Å². The molecule has 3 N–H and O–H groups in total. The number of nitrogen functional groups attached to an aromatic ring is 1. The molecule has 1 aromatic carbocycles. The van der Waals surface area contributed by atoms with E-state index in [2.05, 4.69) is 31.9 Å². The first-order valence-corrected chi connectivity index (χ1v) is 10.9. The average Bonchev–Trinajstić information content (AvgIpc) is 3.40. The van der Waals surface area contributed by atoms with Gasteiger partial charge in [0, 0.05) is 13.1 Å². The van der Waals surface area contributed by atoms with E-state index in [1.165, 1.54) is 12.4 Å². The van der Waals surface area contributed by atoms with Crippen LogP contribution in [0.2, 0.25) is 0 Å². The zero-order chi connectivity index (χ0) is 24.0. The van der Waals surface area contributed by atoms with Crippen LogP contribution in [0.25, 0.3) is 22.1 Å². The number of carbonyl (C=O) groups is 2. The first kappa shape index (κ1) is 21.6. The van der Waals surface area contributed by atoms with Crippen molar-refractivity contribution < 1.29 is 14.0 Å². The SMILES string of the molecule is C=CC(=O)N1CCC[C@@H](n2nc(C(=O)Nc3nc4cc(C)c(C)cc4o3)c3c(N)ncnc32)C1. The summed E-state index contributed by atoms with van der Waals surface area (Å²) in [5.41, 5.74) is 9.97. The number of nitrogens with one attached hydrogen (secondary N) is 1. The second kappa shape index (κ2) is 8.25. The molecular weight excluding hydrogens is 436 g/mol. The number of carbonyl (C=O) groups excluding carboxylic acids is 2. The number of nitrogens with zero attached hydrogens (tertiary/aromatic N) is 6. The standard InChI is InChI=1S/C23H24N8O3/c1-4-17(32)30-7-5-6-14(10-30)31-21-18(20(24)25-11-26-21)19(29-31)22(33)28-23-27-15-8-12(2)13(3)9-16(15)34-23/h4,8-9,11,14H,1,5-7,10H2,2-3H3,(H2,24,25,26)(H,27,28,33)/t14-/m1/s1. The number of hydrogen-bond donors (Lipinski definition) is 2. The molecule has 0 saturated carbocycles. The Morgan fingerprint density at radius 2 is 2.06 bits per heavy atom. The largest absolute Gasteiger partial charge is 0.423 e. The molecule has 1 saturated heterocycles. The molecule has 11 heteroatoms. The highest BCUT2D eigenvalue weighted by Gasteiger charge is 2.29. The molecule has 0 bridgehead atoms. The van der Waals surface area contributed by atoms with Gasteiger partial charge in [-0.25, -0.2) is 14.6 Å². The number of hydrogen-bond acceptors (Lipinski definition) is 8. The predicted octanol–water partition coefficient (Wildman–Crippen LogP) is 2.77. The minimum Gasteiger partial charge on any atom is -0.423 e. The van der Waals surface area contributed by atoms with Crippen LogP contribution in [0.5, 0.6) is 0 Å². The highest BCUT2D eigenvalue weighted by Crippen LogP contribution is 2.29. The maximum absolute atomic E-state index is 13.2. The quantitative estimate of drug-likeness (QED) is 0.442. The van der Waals surface area contributed by atoms with E-state index >= 15 is 0 Å². The van der Waals surface area contributed by atoms with Crippen LogP contribution in [0.1, 0.15) is 40.5 Å². The molecule has 1 aliphatic rings. The first-order chi connectivity index (χ1) is 16.4. The number of fused-ring (bicyclic) bond motifs is 2. The lowest BCUT2D eigenvalue weighted by atomic mass is 10.1. The summed E-state index contributed by atoms with van der Waals surface area (Å²) >= 11 is 0. The Bertz CT molecular complexity index is 1410. The minimum atomic E-state index is -0.542. The summed E-state index contributed by atoms with van der Waals surface area (Å²) in [6.07, 6.45) is 4.19. The zero-order valence-corrected chi connectivity index (χ0v) is 18.9. The van der Waals surface area contributed by atoms with Crippen molar-refractivity contribution in [3.63, 3.8) is 0 Å². The Balaban J connectivity index is 1.50. The van der Waals surface area contributed by atoms with Gasteiger partial charge in [-0.2, -0.15) is 10.1 Å². The molecule has 0 radical (unpaired) electrons. The van der Waals surface area contributed by atoms with E-state index in [1.54, 1.807) is 9.58 Å². The number of benzene rings is 1. The van der Waals surface area contributed by atoms with E-state index in [1.807, 2.05) is 26.0 Å². The third kappa shape index (κ3) is 3.64. The third-order valence-electron chi connectivity index (χ3n) is 6.19. The van der Waals surface area contributed by atoms with Crippen LogP contribution in [0.4, 0.5) is 11.8 Å². The lowest BCUT2D eigenvalue weighted by Crippen LogP contribution is -2.40. The topological polar surface area (TPSA) is 145 Å². The molecule has 3 aromatic heterocycles. The summed E-state index contributed by atoms with van der Waals surface area (Å²) < 4.78 is 7.38. The van der Waals surface area contributed by atoms with Crippen LogP contribution < -0.4 is 11.1 Å². The summed E-state index contributed by atoms with van der Waals surface area (Å²) in [4.78, 5) is 39.8. The normalized spacial score (nSPS) is 16.2. The fourth-order valence-corrected chi connectivity index (χ4v) is 4.28. The Hall–Kier alpha value is -4.28. The number of likely N-dealkylation sites (tertiary alicyclic amines) is 1. The van der Waals surface area contributed by atoms with Crippen LogP contribution >= 0.6 is 0 Å². The van der Waals surface area contributed by atoms with Gasteiger partial charge >= 0.3 is 6.01 Å². The van der Waals surface area contributed by atoms with Crippen molar-refractivity contribution in [2.45, 2.75) is 32.7 Å². The molecule has 1 atom stereocenters. The van der Waals surface area contributed by atoms with Gasteiger partial charge in [-0.05, 0) is 56.0 Å². The third-order valence-corrected chi connectivity index (χ3v) is 6.19. The van der Waals surface area contributed by atoms with Crippen LogP contribution in [0.15, 0.2) is 35.5 Å². The molecule has 0 spiro atoms. The van der Waals surface area contributed by atoms with Crippen molar-refractivity contribution in [1.82, 2.24) is 29.6 Å². The van der Waals surface area contributed by atoms with Crippen molar-refractivity contribution in [3.05, 3.63) is 47.9 Å². The molecule has 34 heavy (non-hydrogen) atoms. The van der Waals surface area contributed by atoms with Crippen molar-refractivity contribution in [2.75, 3.05) is 24.1 Å². The van der Waals surface area contributed by atoms with E-state index in [0.29, 0.717) is 35.2 Å². The van der Waals surface area contributed by atoms with Crippen molar-refractivity contribution in [1.29, 1.82) is 0 Å². The number of aryl methyl sites for hydroxylation is 2. The smallest absolute Gasteiger partial charge is 0.302 e. The lowest BCUT2D eigenvalue weighted by Gasteiger charge is -2.32. The number of oxazole rings is 1. The number of rotatable bonds is 4. The van der Waals surface area contributed by atoms with Crippen LogP contribution in [-0.2, 0) is 4.79 Å². The van der Waals surface area contributed by atoms with Gasteiger partial charge in [0.2, 0.25) is 5.91 Å². The van der Waals surface area contributed by atoms with Gasteiger partial charge in [0.1, 0.15) is 17.7 Å². The minimum absolute atomic E-state index is 0.0588. The zero-order valence-electron chi connectivity index (χ0n) is 18.9.